The van der Waals surface area contributed by atoms with Gasteiger partial charge in [-0.05, 0) is 30.5 Å². The number of hydrogen-bond donors (Lipinski definition) is 1. The molecule has 1 aromatic rings. The molecular weight excluding hydrogens is 273 g/mol. The van der Waals surface area contributed by atoms with Crippen LogP contribution in [0.25, 0.3) is 0 Å². The standard InChI is InChI=1S/C16H26FNO3/c1-13-4-5-14(12-15(13)17)16(19)6-7-18(8-10-20-2)9-11-21-3/h4-5,12,16,19H,6-11H2,1-3H3. The number of nitrogens with zero attached hydrogens (tertiary/aromatic N) is 1. The Balaban J connectivity index is 2.50. The van der Waals surface area contributed by atoms with Crippen LogP contribution in [0.4, 0.5) is 4.39 Å². The van der Waals surface area contributed by atoms with Crippen molar-refractivity contribution in [3.05, 3.63) is 35.1 Å². The van der Waals surface area contributed by atoms with Gasteiger partial charge in [-0.15, -0.1) is 0 Å². The van der Waals surface area contributed by atoms with Crippen molar-refractivity contribution in [1.29, 1.82) is 0 Å². The molecule has 120 valence electrons. The fraction of sp³-hybridized carbons (Fsp3) is 0.625. The average Bonchev–Trinajstić information content (AvgIpc) is 2.49. The summed E-state index contributed by atoms with van der Waals surface area (Å²) in [6, 6.07) is 4.88. The van der Waals surface area contributed by atoms with Gasteiger partial charge in [-0.2, -0.15) is 0 Å². The highest BCUT2D eigenvalue weighted by Gasteiger charge is 2.12. The molecule has 1 aromatic carbocycles. The van der Waals surface area contributed by atoms with Crippen LogP contribution in [0.15, 0.2) is 18.2 Å². The van der Waals surface area contributed by atoms with Gasteiger partial charge in [0.2, 0.25) is 0 Å². The number of benzene rings is 1. The Kier molecular flexibility index (Phi) is 8.45. The lowest BCUT2D eigenvalue weighted by atomic mass is 10.0. The summed E-state index contributed by atoms with van der Waals surface area (Å²) in [6.45, 7) is 5.27. The molecule has 4 nitrogen and oxygen atoms in total. The monoisotopic (exact) mass is 299 g/mol. The maximum Gasteiger partial charge on any atom is 0.126 e. The quantitative estimate of drug-likeness (QED) is 0.719. The van der Waals surface area contributed by atoms with E-state index in [4.69, 9.17) is 9.47 Å². The van der Waals surface area contributed by atoms with Gasteiger partial charge in [-0.3, -0.25) is 4.90 Å². The Hall–Kier alpha value is -1.01. The van der Waals surface area contributed by atoms with E-state index in [1.807, 2.05) is 0 Å². The smallest absolute Gasteiger partial charge is 0.126 e. The maximum atomic E-state index is 13.5. The number of aliphatic hydroxyl groups is 1. The summed E-state index contributed by atoms with van der Waals surface area (Å²) < 4.78 is 23.7. The molecule has 0 saturated carbocycles. The maximum absolute atomic E-state index is 13.5. The van der Waals surface area contributed by atoms with Crippen LogP contribution in [-0.2, 0) is 9.47 Å². The number of methoxy groups -OCH3 is 2. The van der Waals surface area contributed by atoms with Crippen LogP contribution in [0, 0.1) is 12.7 Å². The van der Waals surface area contributed by atoms with E-state index >= 15 is 0 Å². The zero-order valence-corrected chi connectivity index (χ0v) is 13.1. The Labute approximate surface area is 126 Å². The fourth-order valence-electron chi connectivity index (χ4n) is 2.06. The number of hydrogen-bond acceptors (Lipinski definition) is 4. The zero-order valence-electron chi connectivity index (χ0n) is 13.1. The van der Waals surface area contributed by atoms with Gasteiger partial charge in [0.05, 0.1) is 19.3 Å². The third kappa shape index (κ3) is 6.52. The molecule has 21 heavy (non-hydrogen) atoms. The van der Waals surface area contributed by atoms with Crippen molar-refractivity contribution in [2.24, 2.45) is 0 Å². The first-order valence-electron chi connectivity index (χ1n) is 7.22. The largest absolute Gasteiger partial charge is 0.388 e. The van der Waals surface area contributed by atoms with Gasteiger partial charge >= 0.3 is 0 Å². The Morgan fingerprint density at radius 3 is 2.29 bits per heavy atom. The van der Waals surface area contributed by atoms with Crippen molar-refractivity contribution in [2.45, 2.75) is 19.4 Å². The molecule has 1 unspecified atom stereocenters. The van der Waals surface area contributed by atoms with E-state index in [2.05, 4.69) is 4.90 Å². The summed E-state index contributed by atoms with van der Waals surface area (Å²) in [7, 11) is 3.33. The van der Waals surface area contributed by atoms with Crippen LogP contribution in [-0.4, -0.2) is 57.1 Å². The summed E-state index contributed by atoms with van der Waals surface area (Å²) in [5.41, 5.74) is 1.21. The lowest BCUT2D eigenvalue weighted by Crippen LogP contribution is -2.32. The Morgan fingerprint density at radius 2 is 1.76 bits per heavy atom. The minimum atomic E-state index is -0.660. The fourth-order valence-corrected chi connectivity index (χ4v) is 2.06. The number of ether oxygens (including phenoxy) is 2. The molecule has 0 spiro atoms. The first-order chi connectivity index (χ1) is 10.1. The highest BCUT2D eigenvalue weighted by Crippen LogP contribution is 2.19. The van der Waals surface area contributed by atoms with Gasteiger partial charge in [-0.25, -0.2) is 4.39 Å². The van der Waals surface area contributed by atoms with Crippen molar-refractivity contribution in [3.8, 4) is 0 Å². The van der Waals surface area contributed by atoms with Crippen LogP contribution in [0.1, 0.15) is 23.7 Å². The predicted octanol–water partition coefficient (Wildman–Crippen LogP) is 2.15. The van der Waals surface area contributed by atoms with E-state index in [-0.39, 0.29) is 5.82 Å². The zero-order chi connectivity index (χ0) is 15.7. The molecule has 0 fully saturated rings. The van der Waals surface area contributed by atoms with Crippen molar-refractivity contribution < 1.29 is 19.0 Å². The molecule has 0 aromatic heterocycles. The van der Waals surface area contributed by atoms with Gasteiger partial charge in [-0.1, -0.05) is 12.1 Å². The minimum absolute atomic E-state index is 0.276. The molecule has 0 aliphatic rings. The first-order valence-corrected chi connectivity index (χ1v) is 7.22. The molecule has 0 bridgehead atoms. The second-order valence-electron chi connectivity index (χ2n) is 5.14. The molecular formula is C16H26FNO3. The van der Waals surface area contributed by atoms with E-state index in [1.54, 1.807) is 33.3 Å². The van der Waals surface area contributed by atoms with E-state index in [0.29, 0.717) is 37.3 Å². The third-order valence-corrected chi connectivity index (χ3v) is 3.52. The molecule has 0 radical (unpaired) electrons. The summed E-state index contributed by atoms with van der Waals surface area (Å²) in [5, 5.41) is 10.2. The van der Waals surface area contributed by atoms with E-state index in [9.17, 15) is 9.50 Å². The molecule has 0 heterocycles. The highest BCUT2D eigenvalue weighted by molar-refractivity contribution is 5.24. The van der Waals surface area contributed by atoms with E-state index in [1.165, 1.54) is 6.07 Å². The van der Waals surface area contributed by atoms with Crippen LogP contribution in [0.5, 0.6) is 0 Å². The first kappa shape index (κ1) is 18.0. The number of halogens is 1. The molecule has 0 saturated heterocycles. The van der Waals surface area contributed by atoms with Crippen molar-refractivity contribution in [3.63, 3.8) is 0 Å². The summed E-state index contributed by atoms with van der Waals surface area (Å²) in [5.74, 6) is -0.276. The summed E-state index contributed by atoms with van der Waals surface area (Å²) in [6.07, 6.45) is -0.108. The molecule has 0 aliphatic heterocycles. The van der Waals surface area contributed by atoms with Crippen LogP contribution in [0.2, 0.25) is 0 Å². The van der Waals surface area contributed by atoms with Gasteiger partial charge in [0, 0.05) is 33.9 Å². The Bertz CT molecular complexity index is 407. The van der Waals surface area contributed by atoms with E-state index < -0.39 is 6.10 Å². The van der Waals surface area contributed by atoms with Gasteiger partial charge < -0.3 is 14.6 Å². The topological polar surface area (TPSA) is 41.9 Å². The third-order valence-electron chi connectivity index (χ3n) is 3.52. The number of rotatable bonds is 10. The number of aryl methyl sites for hydroxylation is 1. The van der Waals surface area contributed by atoms with Crippen LogP contribution < -0.4 is 0 Å². The van der Waals surface area contributed by atoms with Crippen molar-refractivity contribution in [1.82, 2.24) is 4.90 Å². The lowest BCUT2D eigenvalue weighted by Gasteiger charge is -2.23. The van der Waals surface area contributed by atoms with Crippen LogP contribution >= 0.6 is 0 Å². The second-order valence-corrected chi connectivity index (χ2v) is 5.14. The lowest BCUT2D eigenvalue weighted by molar-refractivity contribution is 0.0944. The Morgan fingerprint density at radius 1 is 1.14 bits per heavy atom. The molecule has 1 N–H and O–H groups in total. The molecule has 0 aliphatic carbocycles. The second kappa shape index (κ2) is 9.84. The van der Waals surface area contributed by atoms with Crippen molar-refractivity contribution >= 4 is 0 Å². The average molecular weight is 299 g/mol. The molecule has 5 heteroatoms. The number of aliphatic hydroxyl groups excluding tert-OH is 1. The van der Waals surface area contributed by atoms with Gasteiger partial charge in [0.1, 0.15) is 5.82 Å². The summed E-state index contributed by atoms with van der Waals surface area (Å²) in [4.78, 5) is 2.17. The summed E-state index contributed by atoms with van der Waals surface area (Å²) >= 11 is 0. The highest BCUT2D eigenvalue weighted by atomic mass is 19.1. The van der Waals surface area contributed by atoms with Gasteiger partial charge in [0.15, 0.2) is 0 Å². The van der Waals surface area contributed by atoms with E-state index in [0.717, 1.165) is 13.1 Å². The minimum Gasteiger partial charge on any atom is -0.388 e. The molecule has 0 amide bonds. The molecule has 1 atom stereocenters. The predicted molar refractivity (Wildman–Crippen MR) is 80.9 cm³/mol. The van der Waals surface area contributed by atoms with Gasteiger partial charge in [0.25, 0.3) is 0 Å². The van der Waals surface area contributed by atoms with Crippen LogP contribution in [0.3, 0.4) is 0 Å². The molecule has 1 rings (SSSR count). The van der Waals surface area contributed by atoms with Crippen molar-refractivity contribution in [2.75, 3.05) is 47.1 Å². The SMILES string of the molecule is COCCN(CCOC)CCC(O)c1ccc(C)c(F)c1. The normalized spacial score (nSPS) is 12.9.